The first kappa shape index (κ1) is 19.7. The second-order valence-corrected chi connectivity index (χ2v) is 9.32. The van der Waals surface area contributed by atoms with Gasteiger partial charge >= 0.3 is 0 Å². The van der Waals surface area contributed by atoms with Crippen LogP contribution in [-0.2, 0) is 14.8 Å². The highest BCUT2D eigenvalue weighted by Gasteiger charge is 2.25. The number of piperidine rings is 1. The van der Waals surface area contributed by atoms with Gasteiger partial charge in [0.25, 0.3) is 5.91 Å². The van der Waals surface area contributed by atoms with Crippen molar-refractivity contribution in [3.63, 3.8) is 0 Å². The van der Waals surface area contributed by atoms with Gasteiger partial charge in [0.2, 0.25) is 10.0 Å². The minimum absolute atomic E-state index is 0.0651. The Labute approximate surface area is 159 Å². The van der Waals surface area contributed by atoms with Gasteiger partial charge in [-0.25, -0.2) is 13.1 Å². The highest BCUT2D eigenvalue weighted by Crippen LogP contribution is 2.26. The van der Waals surface area contributed by atoms with Crippen LogP contribution >= 0.6 is 11.8 Å². The number of carbonyl (C=O) groups is 1. The van der Waals surface area contributed by atoms with Crippen LogP contribution in [0.3, 0.4) is 0 Å². The van der Waals surface area contributed by atoms with Gasteiger partial charge in [-0.3, -0.25) is 4.79 Å². The Morgan fingerprint density at radius 1 is 1.27 bits per heavy atom. The van der Waals surface area contributed by atoms with Crippen LogP contribution in [0, 0.1) is 0 Å². The summed E-state index contributed by atoms with van der Waals surface area (Å²) >= 11 is 1.46. The summed E-state index contributed by atoms with van der Waals surface area (Å²) in [5, 5.41) is 0. The molecule has 0 aromatic heterocycles. The molecule has 2 fully saturated rings. The topological polar surface area (TPSA) is 75.7 Å². The molecular weight excluding hydrogens is 372 g/mol. The standard InChI is InChI=1S/C18H26N2O4S2/c1-25-17-8-7-15(26(22,23)19-13-14-6-5-11-24-14)12-16(17)18(21)20-9-3-2-4-10-20/h7-8,12,14,19H,2-6,9-11,13H2,1H3. The average Bonchev–Trinajstić information content (AvgIpc) is 3.20. The number of thioether (sulfide) groups is 1. The average molecular weight is 399 g/mol. The van der Waals surface area contributed by atoms with Gasteiger partial charge in [0.05, 0.1) is 16.6 Å². The summed E-state index contributed by atoms with van der Waals surface area (Å²) in [7, 11) is -3.67. The van der Waals surface area contributed by atoms with Crippen molar-refractivity contribution >= 4 is 27.7 Å². The lowest BCUT2D eigenvalue weighted by Gasteiger charge is -2.27. The molecule has 0 aliphatic carbocycles. The number of rotatable bonds is 6. The number of ether oxygens (including phenoxy) is 1. The van der Waals surface area contributed by atoms with E-state index < -0.39 is 10.0 Å². The van der Waals surface area contributed by atoms with Gasteiger partial charge in [0, 0.05) is 31.1 Å². The van der Waals surface area contributed by atoms with Crippen LogP contribution in [0.5, 0.6) is 0 Å². The van der Waals surface area contributed by atoms with E-state index in [0.29, 0.717) is 12.2 Å². The Hall–Kier alpha value is -1.09. The second kappa shape index (κ2) is 8.73. The molecule has 0 bridgehead atoms. The fraction of sp³-hybridized carbons (Fsp3) is 0.611. The molecule has 1 aromatic carbocycles. The molecule has 1 N–H and O–H groups in total. The number of benzene rings is 1. The first-order valence-corrected chi connectivity index (χ1v) is 11.8. The third kappa shape index (κ3) is 4.60. The number of nitrogens with zero attached hydrogens (tertiary/aromatic N) is 1. The maximum absolute atomic E-state index is 12.9. The minimum atomic E-state index is -3.67. The highest BCUT2D eigenvalue weighted by atomic mass is 32.2. The number of hydrogen-bond donors (Lipinski definition) is 1. The van der Waals surface area contributed by atoms with Crippen molar-refractivity contribution in [1.29, 1.82) is 0 Å². The number of hydrogen-bond acceptors (Lipinski definition) is 5. The van der Waals surface area contributed by atoms with E-state index in [0.717, 1.165) is 50.1 Å². The molecule has 2 aliphatic rings. The molecule has 26 heavy (non-hydrogen) atoms. The molecule has 2 saturated heterocycles. The Morgan fingerprint density at radius 2 is 2.04 bits per heavy atom. The third-order valence-electron chi connectivity index (χ3n) is 4.88. The van der Waals surface area contributed by atoms with E-state index in [9.17, 15) is 13.2 Å². The van der Waals surface area contributed by atoms with Gasteiger partial charge in [0.15, 0.2) is 0 Å². The summed E-state index contributed by atoms with van der Waals surface area (Å²) < 4.78 is 33.4. The van der Waals surface area contributed by atoms with E-state index in [2.05, 4.69) is 4.72 Å². The molecular formula is C18H26N2O4S2. The molecule has 8 heteroatoms. The van der Waals surface area contributed by atoms with E-state index in [4.69, 9.17) is 4.74 Å². The third-order valence-corrected chi connectivity index (χ3v) is 7.10. The number of nitrogens with one attached hydrogen (secondary N) is 1. The van der Waals surface area contributed by atoms with Gasteiger partial charge in [-0.15, -0.1) is 11.8 Å². The van der Waals surface area contributed by atoms with Gasteiger partial charge < -0.3 is 9.64 Å². The molecule has 6 nitrogen and oxygen atoms in total. The molecule has 2 heterocycles. The lowest BCUT2D eigenvalue weighted by molar-refractivity contribution is 0.0720. The van der Waals surface area contributed by atoms with E-state index in [1.54, 1.807) is 12.1 Å². The largest absolute Gasteiger partial charge is 0.377 e. The summed E-state index contributed by atoms with van der Waals surface area (Å²) in [4.78, 5) is 15.7. The monoisotopic (exact) mass is 398 g/mol. The van der Waals surface area contributed by atoms with E-state index in [1.807, 2.05) is 11.2 Å². The fourth-order valence-corrected chi connectivity index (χ4v) is 5.04. The van der Waals surface area contributed by atoms with Crippen LogP contribution in [-0.4, -0.2) is 57.8 Å². The van der Waals surface area contributed by atoms with Gasteiger partial charge in [0.1, 0.15) is 0 Å². The van der Waals surface area contributed by atoms with Crippen molar-refractivity contribution in [1.82, 2.24) is 9.62 Å². The van der Waals surface area contributed by atoms with E-state index >= 15 is 0 Å². The second-order valence-electron chi connectivity index (χ2n) is 6.70. The SMILES string of the molecule is CSc1ccc(S(=O)(=O)NCC2CCCO2)cc1C(=O)N1CCCCC1. The van der Waals surface area contributed by atoms with Crippen molar-refractivity contribution in [2.75, 3.05) is 32.5 Å². The number of amides is 1. The molecule has 144 valence electrons. The predicted octanol–water partition coefficient (Wildman–Crippen LogP) is 2.49. The minimum Gasteiger partial charge on any atom is -0.377 e. The molecule has 0 radical (unpaired) electrons. The number of likely N-dealkylation sites (tertiary alicyclic amines) is 1. The quantitative estimate of drug-likeness (QED) is 0.745. The lowest BCUT2D eigenvalue weighted by atomic mass is 10.1. The van der Waals surface area contributed by atoms with Gasteiger partial charge in [-0.2, -0.15) is 0 Å². The zero-order chi connectivity index (χ0) is 18.6. The number of sulfonamides is 1. The van der Waals surface area contributed by atoms with Gasteiger partial charge in [-0.05, 0) is 56.6 Å². The molecule has 0 saturated carbocycles. The zero-order valence-corrected chi connectivity index (χ0v) is 16.7. The van der Waals surface area contributed by atoms with Gasteiger partial charge in [-0.1, -0.05) is 0 Å². The molecule has 2 aliphatic heterocycles. The van der Waals surface area contributed by atoms with Crippen LogP contribution < -0.4 is 4.72 Å². The molecule has 1 amide bonds. The Morgan fingerprint density at radius 3 is 2.69 bits per heavy atom. The first-order valence-electron chi connectivity index (χ1n) is 9.10. The first-order chi connectivity index (χ1) is 12.5. The van der Waals surface area contributed by atoms with Crippen LogP contribution in [0.2, 0.25) is 0 Å². The maximum atomic E-state index is 12.9. The predicted molar refractivity (Wildman–Crippen MR) is 102 cm³/mol. The van der Waals surface area contributed by atoms with Crippen LogP contribution in [0.25, 0.3) is 0 Å². The maximum Gasteiger partial charge on any atom is 0.255 e. The normalized spacial score (nSPS) is 21.1. The van der Waals surface area contributed by atoms with E-state index in [-0.39, 0.29) is 23.5 Å². The van der Waals surface area contributed by atoms with Crippen molar-refractivity contribution < 1.29 is 17.9 Å². The molecule has 1 atom stereocenters. The molecule has 3 rings (SSSR count). The summed E-state index contributed by atoms with van der Waals surface area (Å²) in [6, 6.07) is 4.81. The number of carbonyl (C=O) groups excluding carboxylic acids is 1. The van der Waals surface area contributed by atoms with Crippen molar-refractivity contribution in [2.24, 2.45) is 0 Å². The Bertz CT molecular complexity index is 740. The van der Waals surface area contributed by atoms with Crippen molar-refractivity contribution in [3.8, 4) is 0 Å². The molecule has 0 spiro atoms. The summed E-state index contributed by atoms with van der Waals surface area (Å²) in [6.45, 7) is 2.42. The Kier molecular flexibility index (Phi) is 6.60. The van der Waals surface area contributed by atoms with Crippen LogP contribution in [0.1, 0.15) is 42.5 Å². The Balaban J connectivity index is 1.80. The van der Waals surface area contributed by atoms with E-state index in [1.165, 1.54) is 17.8 Å². The van der Waals surface area contributed by atoms with Crippen molar-refractivity contribution in [3.05, 3.63) is 23.8 Å². The smallest absolute Gasteiger partial charge is 0.255 e. The summed E-state index contributed by atoms with van der Waals surface area (Å²) in [6.07, 6.45) is 6.80. The zero-order valence-electron chi connectivity index (χ0n) is 15.1. The fourth-order valence-electron chi connectivity index (χ4n) is 3.38. The summed E-state index contributed by atoms with van der Waals surface area (Å²) in [5.41, 5.74) is 0.472. The lowest BCUT2D eigenvalue weighted by Crippen LogP contribution is -2.36. The van der Waals surface area contributed by atoms with Crippen LogP contribution in [0.4, 0.5) is 0 Å². The molecule has 1 aromatic rings. The highest BCUT2D eigenvalue weighted by molar-refractivity contribution is 7.98. The summed E-state index contributed by atoms with van der Waals surface area (Å²) in [5.74, 6) is -0.0785. The molecule has 1 unspecified atom stereocenters. The van der Waals surface area contributed by atoms with Crippen LogP contribution in [0.15, 0.2) is 28.0 Å². The van der Waals surface area contributed by atoms with Crippen molar-refractivity contribution in [2.45, 2.75) is 48.0 Å².